The van der Waals surface area contributed by atoms with Crippen LogP contribution >= 0.6 is 15.9 Å². The Morgan fingerprint density at radius 2 is 2.31 bits per heavy atom. The highest BCUT2D eigenvalue weighted by molar-refractivity contribution is 9.10. The molecule has 2 rings (SSSR count). The maximum Gasteiger partial charge on any atom is 0.297 e. The minimum Gasteiger partial charge on any atom is -0.461 e. The topological polar surface area (TPSA) is 71.8 Å². The molecule has 0 aliphatic carbocycles. The van der Waals surface area contributed by atoms with Gasteiger partial charge in [0, 0.05) is 13.1 Å². The van der Waals surface area contributed by atoms with Gasteiger partial charge < -0.3 is 15.1 Å². The van der Waals surface area contributed by atoms with Crippen molar-refractivity contribution in [1.82, 2.24) is 4.90 Å². The summed E-state index contributed by atoms with van der Waals surface area (Å²) in [7, 11) is 1.68. The van der Waals surface area contributed by atoms with Crippen molar-refractivity contribution in [2.24, 2.45) is 10.7 Å². The Morgan fingerprint density at radius 1 is 1.62 bits per heavy atom. The zero-order valence-electron chi connectivity index (χ0n) is 8.82. The highest BCUT2D eigenvalue weighted by atomic mass is 79.9. The lowest BCUT2D eigenvalue weighted by molar-refractivity contribution is -0.114. The van der Waals surface area contributed by atoms with Crippen molar-refractivity contribution in [3.8, 4) is 0 Å². The van der Waals surface area contributed by atoms with E-state index in [4.69, 9.17) is 10.2 Å². The molecule has 0 bridgehead atoms. The van der Waals surface area contributed by atoms with Crippen molar-refractivity contribution in [2.45, 2.75) is 6.92 Å². The first-order valence-corrected chi connectivity index (χ1v) is 5.38. The predicted molar refractivity (Wildman–Crippen MR) is 63.5 cm³/mol. The maximum atomic E-state index is 11.5. The summed E-state index contributed by atoms with van der Waals surface area (Å²) >= 11 is 3.33. The monoisotopic (exact) mass is 283 g/mol. The number of rotatable bonds is 1. The Bertz CT molecular complexity index is 497. The number of aryl methyl sites for hydroxylation is 1. The van der Waals surface area contributed by atoms with Crippen molar-refractivity contribution in [3.05, 3.63) is 27.8 Å². The fourth-order valence-corrected chi connectivity index (χ4v) is 1.66. The molecule has 1 aliphatic heterocycles. The van der Waals surface area contributed by atoms with Gasteiger partial charge in [0.2, 0.25) is 5.96 Å². The lowest BCUT2D eigenvalue weighted by Crippen LogP contribution is -2.28. The Labute approximate surface area is 101 Å². The molecule has 0 unspecified atom stereocenters. The summed E-state index contributed by atoms with van der Waals surface area (Å²) in [5, 5.41) is 0. The van der Waals surface area contributed by atoms with Crippen LogP contribution in [0.2, 0.25) is 0 Å². The van der Waals surface area contributed by atoms with Gasteiger partial charge in [0.25, 0.3) is 5.91 Å². The van der Waals surface area contributed by atoms with E-state index in [1.165, 1.54) is 4.90 Å². The highest BCUT2D eigenvalue weighted by Gasteiger charge is 2.24. The smallest absolute Gasteiger partial charge is 0.297 e. The SMILES string of the molecule is Cc1oc(/C=C2\C(=O)N=C(N)N2C)cc1Br. The Kier molecular flexibility index (Phi) is 2.59. The first-order chi connectivity index (χ1) is 7.49. The quantitative estimate of drug-likeness (QED) is 0.793. The summed E-state index contributed by atoms with van der Waals surface area (Å²) in [5.41, 5.74) is 5.92. The Balaban J connectivity index is 2.36. The Morgan fingerprint density at radius 3 is 2.75 bits per heavy atom. The Hall–Kier alpha value is -1.56. The standard InChI is InChI=1S/C10H10BrN3O2/c1-5-7(11)3-6(16-5)4-8-9(15)13-10(12)14(8)2/h3-4H,1-2H3,(H2,12,13,15)/b8-4+. The van der Waals surface area contributed by atoms with E-state index in [1.54, 1.807) is 19.2 Å². The molecule has 0 radical (unpaired) electrons. The van der Waals surface area contributed by atoms with Gasteiger partial charge in [-0.1, -0.05) is 0 Å². The highest BCUT2D eigenvalue weighted by Crippen LogP contribution is 2.24. The first-order valence-electron chi connectivity index (χ1n) is 4.59. The van der Waals surface area contributed by atoms with Crippen LogP contribution < -0.4 is 5.73 Å². The zero-order valence-corrected chi connectivity index (χ0v) is 10.4. The molecule has 2 N–H and O–H groups in total. The maximum absolute atomic E-state index is 11.5. The number of amides is 1. The van der Waals surface area contributed by atoms with Gasteiger partial charge in [0.05, 0.1) is 4.47 Å². The van der Waals surface area contributed by atoms with Crippen LogP contribution in [0, 0.1) is 6.92 Å². The normalized spacial score (nSPS) is 18.4. The van der Waals surface area contributed by atoms with Crippen LogP contribution in [-0.2, 0) is 4.79 Å². The number of carbonyl (C=O) groups is 1. The first kappa shape index (κ1) is 10.9. The molecule has 0 spiro atoms. The fourth-order valence-electron chi connectivity index (χ4n) is 1.35. The van der Waals surface area contributed by atoms with Gasteiger partial charge in [0.1, 0.15) is 17.2 Å². The summed E-state index contributed by atoms with van der Waals surface area (Å²) < 4.78 is 6.28. The largest absolute Gasteiger partial charge is 0.461 e. The van der Waals surface area contributed by atoms with Crippen LogP contribution in [0.25, 0.3) is 6.08 Å². The second-order valence-corrected chi connectivity index (χ2v) is 4.27. The molecule has 0 fully saturated rings. The number of nitrogens with two attached hydrogens (primary N) is 1. The van der Waals surface area contributed by atoms with E-state index in [-0.39, 0.29) is 11.9 Å². The van der Waals surface area contributed by atoms with Gasteiger partial charge >= 0.3 is 0 Å². The minimum atomic E-state index is -0.356. The number of guanidine groups is 1. The summed E-state index contributed by atoms with van der Waals surface area (Å²) in [4.78, 5) is 16.6. The van der Waals surface area contributed by atoms with Crippen LogP contribution in [0.5, 0.6) is 0 Å². The molecule has 6 heteroatoms. The van der Waals surface area contributed by atoms with E-state index >= 15 is 0 Å². The van der Waals surface area contributed by atoms with Crippen molar-refractivity contribution in [1.29, 1.82) is 0 Å². The molecule has 1 aliphatic rings. The van der Waals surface area contributed by atoms with Gasteiger partial charge in [0.15, 0.2) is 0 Å². The van der Waals surface area contributed by atoms with Gasteiger partial charge in [-0.2, -0.15) is 4.99 Å². The van der Waals surface area contributed by atoms with Crippen LogP contribution in [-0.4, -0.2) is 23.8 Å². The molecule has 16 heavy (non-hydrogen) atoms. The average molecular weight is 284 g/mol. The number of nitrogens with zero attached hydrogens (tertiary/aromatic N) is 2. The van der Waals surface area contributed by atoms with E-state index in [1.807, 2.05) is 6.92 Å². The molecule has 1 aromatic rings. The second kappa shape index (κ2) is 3.79. The molecule has 2 heterocycles. The molecule has 0 aromatic carbocycles. The molecule has 0 saturated heterocycles. The lowest BCUT2D eigenvalue weighted by Gasteiger charge is -2.10. The van der Waals surface area contributed by atoms with Crippen LogP contribution in [0.4, 0.5) is 0 Å². The average Bonchev–Trinajstić information content (AvgIpc) is 2.63. The summed E-state index contributed by atoms with van der Waals surface area (Å²) in [6.45, 7) is 1.83. The molecule has 84 valence electrons. The van der Waals surface area contributed by atoms with Crippen molar-refractivity contribution >= 4 is 33.9 Å². The van der Waals surface area contributed by atoms with Crippen LogP contribution in [0.3, 0.4) is 0 Å². The van der Waals surface area contributed by atoms with Gasteiger partial charge in [-0.25, -0.2) is 0 Å². The van der Waals surface area contributed by atoms with Gasteiger partial charge in [-0.15, -0.1) is 0 Å². The number of halogens is 1. The van der Waals surface area contributed by atoms with E-state index < -0.39 is 0 Å². The molecule has 0 atom stereocenters. The van der Waals surface area contributed by atoms with E-state index in [9.17, 15) is 4.79 Å². The molecule has 5 nitrogen and oxygen atoms in total. The zero-order chi connectivity index (χ0) is 11.9. The second-order valence-electron chi connectivity index (χ2n) is 3.42. The molecular weight excluding hydrogens is 274 g/mol. The van der Waals surface area contributed by atoms with Gasteiger partial charge in [-0.05, 0) is 28.9 Å². The minimum absolute atomic E-state index is 0.193. The number of likely N-dealkylation sites (N-methyl/N-ethyl adjacent to an activating group) is 1. The van der Waals surface area contributed by atoms with E-state index in [2.05, 4.69) is 20.9 Å². The molecular formula is C10H10BrN3O2. The van der Waals surface area contributed by atoms with Crippen molar-refractivity contribution in [2.75, 3.05) is 7.05 Å². The summed E-state index contributed by atoms with van der Waals surface area (Å²) in [6, 6.07) is 1.79. The number of aliphatic imine (C=N–C) groups is 1. The molecule has 1 amide bonds. The summed E-state index contributed by atoms with van der Waals surface area (Å²) in [5.74, 6) is 1.18. The van der Waals surface area contributed by atoms with E-state index in [0.29, 0.717) is 11.5 Å². The van der Waals surface area contributed by atoms with Crippen molar-refractivity contribution < 1.29 is 9.21 Å². The third kappa shape index (κ3) is 1.76. The third-order valence-corrected chi connectivity index (χ3v) is 3.08. The molecule has 0 saturated carbocycles. The lowest BCUT2D eigenvalue weighted by atomic mass is 10.3. The number of hydrogen-bond acceptors (Lipinski definition) is 4. The van der Waals surface area contributed by atoms with E-state index in [0.717, 1.165) is 10.2 Å². The molecule has 1 aromatic heterocycles. The van der Waals surface area contributed by atoms with Crippen LogP contribution in [0.1, 0.15) is 11.5 Å². The number of carbonyl (C=O) groups excluding carboxylic acids is 1. The predicted octanol–water partition coefficient (Wildman–Crippen LogP) is 1.48. The fraction of sp³-hybridized carbons (Fsp3) is 0.200. The summed E-state index contributed by atoms with van der Waals surface area (Å²) in [6.07, 6.45) is 1.61. The third-order valence-electron chi connectivity index (χ3n) is 2.30. The number of furan rings is 1. The van der Waals surface area contributed by atoms with Gasteiger partial charge in [-0.3, -0.25) is 4.79 Å². The van der Waals surface area contributed by atoms with Crippen molar-refractivity contribution in [3.63, 3.8) is 0 Å². The van der Waals surface area contributed by atoms with Crippen LogP contribution in [0.15, 0.2) is 25.6 Å². The number of hydrogen-bond donors (Lipinski definition) is 1.